The van der Waals surface area contributed by atoms with Gasteiger partial charge in [0.05, 0.1) is 24.2 Å². The summed E-state index contributed by atoms with van der Waals surface area (Å²) in [7, 11) is 0. The Morgan fingerprint density at radius 3 is 2.78 bits per heavy atom. The van der Waals surface area contributed by atoms with E-state index in [1.165, 1.54) is 0 Å². The number of hydrogen-bond donors (Lipinski definition) is 0. The van der Waals surface area contributed by atoms with Crippen LogP contribution in [0.2, 0.25) is 0 Å². The van der Waals surface area contributed by atoms with Gasteiger partial charge in [-0.25, -0.2) is 4.98 Å². The summed E-state index contributed by atoms with van der Waals surface area (Å²) >= 11 is 0. The zero-order valence-corrected chi connectivity index (χ0v) is 13.4. The van der Waals surface area contributed by atoms with E-state index in [4.69, 9.17) is 9.47 Å². The van der Waals surface area contributed by atoms with E-state index in [-0.39, 0.29) is 10.6 Å². The first-order valence-electron chi connectivity index (χ1n) is 8.20. The standard InChI is InChI=1S/C16H23N3O4/c1-12-15(19(20)21)2-3-16(17-12)18-7-4-14(5-8-18)23-11-13-6-9-22-10-13/h2-3,13-14H,4-11H2,1H3. The van der Waals surface area contributed by atoms with Crippen molar-refractivity contribution in [2.24, 2.45) is 5.92 Å². The first kappa shape index (κ1) is 16.1. The quantitative estimate of drug-likeness (QED) is 0.612. The average molecular weight is 321 g/mol. The number of aromatic nitrogens is 1. The van der Waals surface area contributed by atoms with Gasteiger partial charge in [0.2, 0.25) is 0 Å². The molecule has 0 saturated carbocycles. The molecular formula is C16H23N3O4. The third kappa shape index (κ3) is 3.97. The van der Waals surface area contributed by atoms with Crippen molar-refractivity contribution in [1.29, 1.82) is 0 Å². The van der Waals surface area contributed by atoms with Crippen molar-refractivity contribution in [2.75, 3.05) is 37.8 Å². The van der Waals surface area contributed by atoms with E-state index in [0.29, 0.717) is 17.7 Å². The van der Waals surface area contributed by atoms with Gasteiger partial charge in [-0.15, -0.1) is 0 Å². The van der Waals surface area contributed by atoms with Gasteiger partial charge in [-0.3, -0.25) is 10.1 Å². The lowest BCUT2D eigenvalue weighted by atomic mass is 10.1. The number of aryl methyl sites for hydroxylation is 1. The highest BCUT2D eigenvalue weighted by atomic mass is 16.6. The molecule has 0 radical (unpaired) electrons. The molecule has 0 spiro atoms. The molecule has 126 valence electrons. The molecule has 2 saturated heterocycles. The molecule has 23 heavy (non-hydrogen) atoms. The van der Waals surface area contributed by atoms with E-state index < -0.39 is 0 Å². The SMILES string of the molecule is Cc1nc(N2CCC(OCC3CCOC3)CC2)ccc1[N+](=O)[O-]. The Balaban J connectivity index is 1.50. The molecule has 7 nitrogen and oxygen atoms in total. The van der Waals surface area contributed by atoms with E-state index in [2.05, 4.69) is 9.88 Å². The van der Waals surface area contributed by atoms with Crippen LogP contribution in [-0.2, 0) is 9.47 Å². The van der Waals surface area contributed by atoms with Crippen molar-refractivity contribution in [3.63, 3.8) is 0 Å². The monoisotopic (exact) mass is 321 g/mol. The van der Waals surface area contributed by atoms with Crippen LogP contribution in [0.5, 0.6) is 0 Å². The topological polar surface area (TPSA) is 77.7 Å². The van der Waals surface area contributed by atoms with Crippen molar-refractivity contribution in [1.82, 2.24) is 4.98 Å². The number of hydrogen-bond acceptors (Lipinski definition) is 6. The zero-order chi connectivity index (χ0) is 16.2. The highest BCUT2D eigenvalue weighted by molar-refractivity contribution is 5.47. The summed E-state index contributed by atoms with van der Waals surface area (Å²) in [6.07, 6.45) is 3.33. The molecule has 1 aromatic rings. The van der Waals surface area contributed by atoms with Crippen molar-refractivity contribution in [2.45, 2.75) is 32.3 Å². The minimum atomic E-state index is -0.390. The van der Waals surface area contributed by atoms with E-state index in [0.717, 1.165) is 58.0 Å². The van der Waals surface area contributed by atoms with Gasteiger partial charge < -0.3 is 14.4 Å². The summed E-state index contributed by atoms with van der Waals surface area (Å²) in [4.78, 5) is 17.0. The van der Waals surface area contributed by atoms with E-state index in [1.807, 2.05) is 0 Å². The molecule has 3 rings (SSSR count). The second kappa shape index (κ2) is 7.23. The third-order valence-corrected chi connectivity index (χ3v) is 4.60. The summed E-state index contributed by atoms with van der Waals surface area (Å²) in [5.41, 5.74) is 0.540. The Bertz CT molecular complexity index is 552. The van der Waals surface area contributed by atoms with Gasteiger partial charge in [0.1, 0.15) is 11.5 Å². The van der Waals surface area contributed by atoms with Gasteiger partial charge in [0, 0.05) is 31.7 Å². The normalized spacial score (nSPS) is 22.5. The summed E-state index contributed by atoms with van der Waals surface area (Å²) in [5.74, 6) is 1.36. The van der Waals surface area contributed by atoms with Gasteiger partial charge >= 0.3 is 0 Å². The molecule has 1 aromatic heterocycles. The molecule has 2 aliphatic rings. The van der Waals surface area contributed by atoms with Gasteiger partial charge in [0.25, 0.3) is 5.69 Å². The Morgan fingerprint density at radius 1 is 1.39 bits per heavy atom. The van der Waals surface area contributed by atoms with Gasteiger partial charge in [-0.2, -0.15) is 0 Å². The van der Waals surface area contributed by atoms with Crippen LogP contribution in [-0.4, -0.2) is 48.9 Å². The lowest BCUT2D eigenvalue weighted by Crippen LogP contribution is -2.38. The first-order chi connectivity index (χ1) is 11.1. The molecule has 1 unspecified atom stereocenters. The van der Waals surface area contributed by atoms with Crippen LogP contribution in [0.25, 0.3) is 0 Å². The van der Waals surface area contributed by atoms with Crippen molar-refractivity contribution < 1.29 is 14.4 Å². The Labute approximate surface area is 135 Å². The van der Waals surface area contributed by atoms with Crippen LogP contribution in [0.4, 0.5) is 11.5 Å². The fraction of sp³-hybridized carbons (Fsp3) is 0.688. The van der Waals surface area contributed by atoms with Crippen molar-refractivity contribution in [3.8, 4) is 0 Å². The molecule has 0 N–H and O–H groups in total. The number of nitrogens with zero attached hydrogens (tertiary/aromatic N) is 3. The van der Waals surface area contributed by atoms with Crippen LogP contribution in [0.15, 0.2) is 12.1 Å². The predicted octanol–water partition coefficient (Wildman–Crippen LogP) is 2.32. The van der Waals surface area contributed by atoms with Crippen LogP contribution in [0, 0.1) is 23.0 Å². The largest absolute Gasteiger partial charge is 0.381 e. The number of rotatable bonds is 5. The third-order valence-electron chi connectivity index (χ3n) is 4.60. The van der Waals surface area contributed by atoms with Crippen LogP contribution in [0.1, 0.15) is 25.0 Å². The van der Waals surface area contributed by atoms with Crippen molar-refractivity contribution >= 4 is 11.5 Å². The van der Waals surface area contributed by atoms with E-state index in [1.54, 1.807) is 19.1 Å². The fourth-order valence-electron chi connectivity index (χ4n) is 3.15. The maximum absolute atomic E-state index is 10.9. The smallest absolute Gasteiger partial charge is 0.290 e. The highest BCUT2D eigenvalue weighted by Crippen LogP contribution is 2.24. The number of piperidine rings is 1. The lowest BCUT2D eigenvalue weighted by molar-refractivity contribution is -0.385. The summed E-state index contributed by atoms with van der Waals surface area (Å²) in [6.45, 7) is 5.90. The van der Waals surface area contributed by atoms with Gasteiger partial charge in [-0.05, 0) is 32.3 Å². The van der Waals surface area contributed by atoms with Crippen LogP contribution < -0.4 is 4.90 Å². The molecule has 1 atom stereocenters. The summed E-state index contributed by atoms with van der Waals surface area (Å²) in [6, 6.07) is 3.28. The molecule has 0 bridgehead atoms. The molecule has 0 amide bonds. The lowest BCUT2D eigenvalue weighted by Gasteiger charge is -2.33. The summed E-state index contributed by atoms with van der Waals surface area (Å²) < 4.78 is 11.4. The first-order valence-corrected chi connectivity index (χ1v) is 8.20. The Morgan fingerprint density at radius 2 is 2.17 bits per heavy atom. The number of pyridine rings is 1. The molecule has 3 heterocycles. The highest BCUT2D eigenvalue weighted by Gasteiger charge is 2.24. The predicted molar refractivity (Wildman–Crippen MR) is 85.7 cm³/mol. The van der Waals surface area contributed by atoms with Gasteiger partial charge in [0.15, 0.2) is 0 Å². The second-order valence-electron chi connectivity index (χ2n) is 6.28. The van der Waals surface area contributed by atoms with E-state index in [9.17, 15) is 10.1 Å². The molecule has 2 fully saturated rings. The number of nitro groups is 1. The maximum Gasteiger partial charge on any atom is 0.290 e. The van der Waals surface area contributed by atoms with Crippen molar-refractivity contribution in [3.05, 3.63) is 27.9 Å². The minimum Gasteiger partial charge on any atom is -0.381 e. The maximum atomic E-state index is 10.9. The van der Waals surface area contributed by atoms with Crippen LogP contribution in [0.3, 0.4) is 0 Å². The Kier molecular flexibility index (Phi) is 5.07. The zero-order valence-electron chi connectivity index (χ0n) is 13.4. The number of ether oxygens (including phenoxy) is 2. The van der Waals surface area contributed by atoms with Gasteiger partial charge in [-0.1, -0.05) is 0 Å². The summed E-state index contributed by atoms with van der Waals surface area (Å²) in [5, 5.41) is 10.9. The Hall–Kier alpha value is -1.73. The number of anilines is 1. The van der Waals surface area contributed by atoms with E-state index >= 15 is 0 Å². The molecule has 0 aliphatic carbocycles. The second-order valence-corrected chi connectivity index (χ2v) is 6.28. The molecule has 2 aliphatic heterocycles. The molecule has 7 heteroatoms. The molecule has 0 aromatic carbocycles. The fourth-order valence-corrected chi connectivity index (χ4v) is 3.15. The van der Waals surface area contributed by atoms with Crippen LogP contribution >= 0.6 is 0 Å². The molecular weight excluding hydrogens is 298 g/mol. The minimum absolute atomic E-state index is 0.0748. The average Bonchev–Trinajstić information content (AvgIpc) is 3.06.